The van der Waals surface area contributed by atoms with Crippen molar-refractivity contribution in [3.63, 3.8) is 0 Å². The van der Waals surface area contributed by atoms with E-state index in [4.69, 9.17) is 4.74 Å². The Hall–Kier alpha value is -1.83. The Morgan fingerprint density at radius 2 is 2.11 bits per heavy atom. The molecule has 0 spiro atoms. The number of halogens is 1. The molecule has 3 rings (SSSR count). The molecule has 0 amide bonds. The molecule has 2 N–H and O–H groups in total. The Bertz CT molecular complexity index is 793. The normalized spacial score (nSPS) is 23.1. The average Bonchev–Trinajstić information content (AvgIpc) is 3.39. The Kier molecular flexibility index (Phi) is 6.24. The second-order valence-electron chi connectivity index (χ2n) is 7.53. The molecule has 0 bridgehead atoms. The number of nitrogens with zero attached hydrogens (tertiary/aromatic N) is 1. The highest BCUT2D eigenvalue weighted by Crippen LogP contribution is 2.30. The molecule has 1 saturated carbocycles. The lowest BCUT2D eigenvalue weighted by atomic mass is 10.1. The van der Waals surface area contributed by atoms with Gasteiger partial charge in [0.2, 0.25) is 0 Å². The highest BCUT2D eigenvalue weighted by Gasteiger charge is 2.28. The van der Waals surface area contributed by atoms with Crippen molar-refractivity contribution in [3.05, 3.63) is 29.6 Å². The molecule has 0 aromatic heterocycles. The largest absolute Gasteiger partial charge is 0.490 e. The molecule has 6 nitrogen and oxygen atoms in total. The lowest BCUT2D eigenvalue weighted by Gasteiger charge is -2.20. The summed E-state index contributed by atoms with van der Waals surface area (Å²) < 4.78 is 42.9. The molecule has 1 aliphatic heterocycles. The summed E-state index contributed by atoms with van der Waals surface area (Å²) in [6.45, 7) is 3.05. The number of hydrogen-bond acceptors (Lipinski definition) is 4. The van der Waals surface area contributed by atoms with Crippen molar-refractivity contribution < 1.29 is 17.5 Å². The summed E-state index contributed by atoms with van der Waals surface area (Å²) >= 11 is 0. The number of nitrogens with one attached hydrogen (secondary N) is 2. The monoisotopic (exact) mass is 397 g/mol. The summed E-state index contributed by atoms with van der Waals surface area (Å²) in [4.78, 5) is 4.17. The predicted molar refractivity (Wildman–Crippen MR) is 104 cm³/mol. The molecule has 1 aliphatic carbocycles. The maximum absolute atomic E-state index is 14.3. The van der Waals surface area contributed by atoms with Crippen molar-refractivity contribution in [2.45, 2.75) is 32.2 Å². The molecule has 1 aromatic carbocycles. The smallest absolute Gasteiger partial charge is 0.191 e. The standard InChI is InChI=1S/C19H28FN3O3S/c1-13(16-5-6-18(17(20)9-16)26-11-14-3-4-14)23-19(21-2)22-10-15-7-8-27(24,25)12-15/h5-6,9,13-15H,3-4,7-8,10-12H2,1-2H3,(H2,21,22,23). The van der Waals surface area contributed by atoms with Gasteiger partial charge in [-0.25, -0.2) is 12.8 Å². The first-order valence-corrected chi connectivity index (χ1v) is 11.3. The van der Waals surface area contributed by atoms with E-state index in [1.54, 1.807) is 13.1 Å². The first-order valence-electron chi connectivity index (χ1n) is 9.46. The fourth-order valence-corrected chi connectivity index (χ4v) is 5.01. The molecule has 1 heterocycles. The van der Waals surface area contributed by atoms with E-state index in [2.05, 4.69) is 15.6 Å². The molecule has 27 heavy (non-hydrogen) atoms. The molecule has 2 fully saturated rings. The molecule has 1 saturated heterocycles. The molecule has 2 aliphatic rings. The van der Waals surface area contributed by atoms with Crippen molar-refractivity contribution in [1.29, 1.82) is 0 Å². The van der Waals surface area contributed by atoms with Crippen LogP contribution < -0.4 is 15.4 Å². The van der Waals surface area contributed by atoms with Gasteiger partial charge in [0.1, 0.15) is 0 Å². The van der Waals surface area contributed by atoms with E-state index < -0.39 is 9.84 Å². The number of rotatable bonds is 7. The fourth-order valence-electron chi connectivity index (χ4n) is 3.15. The van der Waals surface area contributed by atoms with E-state index >= 15 is 0 Å². The van der Waals surface area contributed by atoms with Gasteiger partial charge < -0.3 is 15.4 Å². The van der Waals surface area contributed by atoms with E-state index in [0.29, 0.717) is 37.2 Å². The van der Waals surface area contributed by atoms with Gasteiger partial charge in [-0.3, -0.25) is 4.99 Å². The van der Waals surface area contributed by atoms with Gasteiger partial charge >= 0.3 is 0 Å². The Balaban J connectivity index is 1.51. The Morgan fingerprint density at radius 1 is 1.33 bits per heavy atom. The van der Waals surface area contributed by atoms with Gasteiger partial charge in [-0.1, -0.05) is 6.07 Å². The van der Waals surface area contributed by atoms with Crippen molar-refractivity contribution in [1.82, 2.24) is 10.6 Å². The van der Waals surface area contributed by atoms with Gasteiger partial charge in [-0.2, -0.15) is 0 Å². The molecule has 8 heteroatoms. The quantitative estimate of drug-likeness (QED) is 0.545. The second-order valence-corrected chi connectivity index (χ2v) is 9.76. The summed E-state index contributed by atoms with van der Waals surface area (Å²) in [5, 5.41) is 6.39. The topological polar surface area (TPSA) is 79.8 Å². The van der Waals surface area contributed by atoms with Crippen LogP contribution in [0.1, 0.15) is 37.8 Å². The zero-order chi connectivity index (χ0) is 19.4. The summed E-state index contributed by atoms with van der Waals surface area (Å²) in [6, 6.07) is 4.84. The van der Waals surface area contributed by atoms with Crippen LogP contribution in [0.4, 0.5) is 4.39 Å². The van der Waals surface area contributed by atoms with Crippen LogP contribution in [0.3, 0.4) is 0 Å². The predicted octanol–water partition coefficient (Wildman–Crippen LogP) is 2.28. The SMILES string of the molecule is CN=C(NCC1CCS(=O)(=O)C1)NC(C)c1ccc(OCC2CC2)c(F)c1. The van der Waals surface area contributed by atoms with Gasteiger partial charge in [0, 0.05) is 13.6 Å². The number of ether oxygens (including phenoxy) is 1. The van der Waals surface area contributed by atoms with Crippen LogP contribution in [0, 0.1) is 17.7 Å². The first-order chi connectivity index (χ1) is 12.9. The van der Waals surface area contributed by atoms with Gasteiger partial charge in [-0.15, -0.1) is 0 Å². The van der Waals surface area contributed by atoms with Crippen LogP contribution >= 0.6 is 0 Å². The van der Waals surface area contributed by atoms with Gasteiger partial charge in [0.25, 0.3) is 0 Å². The Morgan fingerprint density at radius 3 is 2.70 bits per heavy atom. The number of guanidine groups is 1. The third-order valence-corrected chi connectivity index (χ3v) is 6.93. The van der Waals surface area contributed by atoms with Crippen LogP contribution in [0.25, 0.3) is 0 Å². The molecular weight excluding hydrogens is 369 g/mol. The fraction of sp³-hybridized carbons (Fsp3) is 0.632. The summed E-state index contributed by atoms with van der Waals surface area (Å²) in [5.41, 5.74) is 0.790. The van der Waals surface area contributed by atoms with Gasteiger partial charge in [0.05, 0.1) is 24.2 Å². The zero-order valence-electron chi connectivity index (χ0n) is 15.9. The molecule has 1 aromatic rings. The summed E-state index contributed by atoms with van der Waals surface area (Å²) in [7, 11) is -1.23. The van der Waals surface area contributed by atoms with Gasteiger partial charge in [0.15, 0.2) is 27.4 Å². The second kappa shape index (κ2) is 8.46. The van der Waals surface area contributed by atoms with E-state index in [9.17, 15) is 12.8 Å². The third kappa shape index (κ3) is 5.82. The lowest BCUT2D eigenvalue weighted by molar-refractivity contribution is 0.285. The lowest BCUT2D eigenvalue weighted by Crippen LogP contribution is -2.41. The number of aliphatic imine (C=N–C) groups is 1. The number of sulfone groups is 1. The molecular formula is C19H28FN3O3S. The van der Waals surface area contributed by atoms with Crippen LogP contribution in [0.15, 0.2) is 23.2 Å². The van der Waals surface area contributed by atoms with E-state index in [-0.39, 0.29) is 29.3 Å². The average molecular weight is 398 g/mol. The van der Waals surface area contributed by atoms with Crippen molar-refractivity contribution >= 4 is 15.8 Å². The molecule has 2 atom stereocenters. The minimum absolute atomic E-state index is 0.101. The molecule has 150 valence electrons. The highest BCUT2D eigenvalue weighted by molar-refractivity contribution is 7.91. The third-order valence-electron chi connectivity index (χ3n) is 5.09. The minimum atomic E-state index is -2.89. The highest BCUT2D eigenvalue weighted by atomic mass is 32.2. The first kappa shape index (κ1) is 19.9. The van der Waals surface area contributed by atoms with E-state index in [0.717, 1.165) is 5.56 Å². The number of benzene rings is 1. The van der Waals surface area contributed by atoms with Crippen molar-refractivity contribution in [2.24, 2.45) is 16.8 Å². The maximum atomic E-state index is 14.3. The van der Waals surface area contributed by atoms with Crippen LogP contribution in [-0.2, 0) is 9.84 Å². The van der Waals surface area contributed by atoms with Gasteiger partial charge in [-0.05, 0) is 55.7 Å². The zero-order valence-corrected chi connectivity index (χ0v) is 16.7. The van der Waals surface area contributed by atoms with Crippen LogP contribution in [-0.4, -0.2) is 46.1 Å². The van der Waals surface area contributed by atoms with Crippen LogP contribution in [0.2, 0.25) is 0 Å². The van der Waals surface area contributed by atoms with Crippen molar-refractivity contribution in [2.75, 3.05) is 31.7 Å². The molecule has 2 unspecified atom stereocenters. The van der Waals surface area contributed by atoms with Crippen LogP contribution in [0.5, 0.6) is 5.75 Å². The van der Waals surface area contributed by atoms with E-state index in [1.165, 1.54) is 18.9 Å². The van der Waals surface area contributed by atoms with E-state index in [1.807, 2.05) is 13.0 Å². The summed E-state index contributed by atoms with van der Waals surface area (Å²) in [6.07, 6.45) is 3.01. The summed E-state index contributed by atoms with van der Waals surface area (Å²) in [5.74, 6) is 1.67. The maximum Gasteiger partial charge on any atom is 0.191 e. The van der Waals surface area contributed by atoms with Crippen molar-refractivity contribution in [3.8, 4) is 5.75 Å². The minimum Gasteiger partial charge on any atom is -0.490 e. The Labute approximate surface area is 160 Å². The molecule has 0 radical (unpaired) electrons. The number of hydrogen-bond donors (Lipinski definition) is 2.